The minimum Gasteiger partial charge on any atom is -0.343 e. The Morgan fingerprint density at radius 1 is 1.28 bits per heavy atom. The minimum absolute atomic E-state index is 0.141. The van der Waals surface area contributed by atoms with Gasteiger partial charge < -0.3 is 10.6 Å². The van der Waals surface area contributed by atoms with Crippen LogP contribution < -0.4 is 5.73 Å². The fourth-order valence-electron chi connectivity index (χ4n) is 2.35. The smallest absolute Gasteiger partial charge is 0.224 e. The number of hydrogen-bond acceptors (Lipinski definition) is 2. The third-order valence-electron chi connectivity index (χ3n) is 3.41. The second-order valence-electron chi connectivity index (χ2n) is 4.77. The van der Waals surface area contributed by atoms with Crippen molar-refractivity contribution in [2.45, 2.75) is 31.7 Å². The lowest BCUT2D eigenvalue weighted by Gasteiger charge is -2.28. The van der Waals surface area contributed by atoms with Gasteiger partial charge in [-0.3, -0.25) is 4.79 Å². The Labute approximate surface area is 113 Å². The van der Waals surface area contributed by atoms with Gasteiger partial charge in [-0.15, -0.1) is 0 Å². The Bertz CT molecular complexity index is 416. The maximum Gasteiger partial charge on any atom is 0.224 e. The van der Waals surface area contributed by atoms with Crippen molar-refractivity contribution >= 4 is 17.5 Å². The van der Waals surface area contributed by atoms with Crippen LogP contribution in [0.15, 0.2) is 24.3 Å². The van der Waals surface area contributed by atoms with E-state index < -0.39 is 0 Å². The molecule has 0 spiro atoms. The predicted octanol–water partition coefficient (Wildman–Crippen LogP) is 2.74. The molecule has 1 amide bonds. The fourth-order valence-corrected chi connectivity index (χ4v) is 2.62. The van der Waals surface area contributed by atoms with Gasteiger partial charge in [-0.2, -0.15) is 0 Å². The van der Waals surface area contributed by atoms with Gasteiger partial charge in [0, 0.05) is 30.6 Å². The first-order valence-electron chi connectivity index (χ1n) is 6.46. The average molecular weight is 267 g/mol. The van der Waals surface area contributed by atoms with E-state index >= 15 is 0 Å². The number of rotatable bonds is 3. The number of carbonyl (C=O) groups excluding carboxylic acids is 1. The van der Waals surface area contributed by atoms with Crippen molar-refractivity contribution < 1.29 is 4.79 Å². The zero-order valence-corrected chi connectivity index (χ0v) is 11.2. The maximum absolute atomic E-state index is 12.1. The highest BCUT2D eigenvalue weighted by Crippen LogP contribution is 2.24. The number of nitrogens with two attached hydrogens (primary N) is 1. The quantitative estimate of drug-likeness (QED) is 0.914. The van der Waals surface area contributed by atoms with Crippen LogP contribution in [0, 0.1) is 0 Å². The van der Waals surface area contributed by atoms with Gasteiger partial charge >= 0.3 is 0 Å². The number of piperidine rings is 1. The van der Waals surface area contributed by atoms with Gasteiger partial charge in [0.05, 0.1) is 0 Å². The molecule has 1 aromatic carbocycles. The number of nitrogens with zero attached hydrogens (tertiary/aromatic N) is 1. The zero-order valence-electron chi connectivity index (χ0n) is 10.4. The van der Waals surface area contributed by atoms with Gasteiger partial charge in [-0.25, -0.2) is 0 Å². The molecular formula is C14H19ClN2O. The van der Waals surface area contributed by atoms with E-state index in [9.17, 15) is 4.79 Å². The van der Waals surface area contributed by atoms with Gasteiger partial charge in [0.15, 0.2) is 0 Å². The zero-order chi connectivity index (χ0) is 13.0. The van der Waals surface area contributed by atoms with E-state index in [2.05, 4.69) is 0 Å². The monoisotopic (exact) mass is 266 g/mol. The molecule has 18 heavy (non-hydrogen) atoms. The van der Waals surface area contributed by atoms with E-state index in [0.29, 0.717) is 11.4 Å². The molecule has 1 heterocycles. The molecule has 0 radical (unpaired) electrons. The number of carbonyl (C=O) groups is 1. The predicted molar refractivity (Wildman–Crippen MR) is 73.4 cm³/mol. The van der Waals surface area contributed by atoms with Gasteiger partial charge in [-0.05, 0) is 30.9 Å². The summed E-state index contributed by atoms with van der Waals surface area (Å²) in [4.78, 5) is 14.0. The molecule has 1 aliphatic heterocycles. The molecule has 0 saturated carbocycles. The molecule has 4 heteroatoms. The molecule has 1 aliphatic rings. The van der Waals surface area contributed by atoms with Crippen molar-refractivity contribution in [1.29, 1.82) is 0 Å². The second kappa shape index (κ2) is 6.21. The maximum atomic E-state index is 12.1. The topological polar surface area (TPSA) is 46.3 Å². The standard InChI is InChI=1S/C14H19ClN2O/c15-12-7-3-2-6-11(12)13(16)10-14(18)17-8-4-1-5-9-17/h2-3,6-7,13H,1,4-5,8-10,16H2. The molecule has 1 aromatic rings. The SMILES string of the molecule is NC(CC(=O)N1CCCCC1)c1ccccc1Cl. The number of likely N-dealkylation sites (tertiary alicyclic amines) is 1. The largest absolute Gasteiger partial charge is 0.343 e. The number of halogens is 1. The molecule has 2 rings (SSSR count). The molecule has 1 unspecified atom stereocenters. The summed E-state index contributed by atoms with van der Waals surface area (Å²) in [6.45, 7) is 1.74. The van der Waals surface area contributed by atoms with E-state index in [1.165, 1.54) is 6.42 Å². The van der Waals surface area contributed by atoms with Gasteiger partial charge in [0.2, 0.25) is 5.91 Å². The molecule has 1 saturated heterocycles. The van der Waals surface area contributed by atoms with Crippen LogP contribution in [0.3, 0.4) is 0 Å². The van der Waals surface area contributed by atoms with E-state index in [-0.39, 0.29) is 11.9 Å². The average Bonchev–Trinajstić information content (AvgIpc) is 2.40. The van der Waals surface area contributed by atoms with Crippen LogP contribution in [0.5, 0.6) is 0 Å². The van der Waals surface area contributed by atoms with Crippen LogP contribution in [0.4, 0.5) is 0 Å². The molecule has 2 N–H and O–H groups in total. The molecular weight excluding hydrogens is 248 g/mol. The summed E-state index contributed by atoms with van der Waals surface area (Å²) in [5.74, 6) is 0.141. The number of benzene rings is 1. The molecule has 98 valence electrons. The van der Waals surface area contributed by atoms with Crippen molar-refractivity contribution in [3.05, 3.63) is 34.9 Å². The lowest BCUT2D eigenvalue weighted by Crippen LogP contribution is -2.37. The van der Waals surface area contributed by atoms with Crippen molar-refractivity contribution in [3.63, 3.8) is 0 Å². The summed E-state index contributed by atoms with van der Waals surface area (Å²) in [7, 11) is 0. The Kier molecular flexibility index (Phi) is 4.61. The lowest BCUT2D eigenvalue weighted by molar-refractivity contribution is -0.132. The van der Waals surface area contributed by atoms with E-state index in [1.54, 1.807) is 0 Å². The van der Waals surface area contributed by atoms with E-state index in [4.69, 9.17) is 17.3 Å². The van der Waals surface area contributed by atoms with E-state index in [1.807, 2.05) is 29.2 Å². The Morgan fingerprint density at radius 2 is 1.94 bits per heavy atom. The summed E-state index contributed by atoms with van der Waals surface area (Å²) < 4.78 is 0. The van der Waals surface area contributed by atoms with Crippen LogP contribution in [-0.4, -0.2) is 23.9 Å². The highest BCUT2D eigenvalue weighted by molar-refractivity contribution is 6.31. The van der Waals surface area contributed by atoms with Crippen molar-refractivity contribution in [3.8, 4) is 0 Å². The second-order valence-corrected chi connectivity index (χ2v) is 5.18. The fraction of sp³-hybridized carbons (Fsp3) is 0.500. The van der Waals surface area contributed by atoms with Crippen LogP contribution in [0.1, 0.15) is 37.3 Å². The molecule has 1 fully saturated rings. The van der Waals surface area contributed by atoms with Gasteiger partial charge in [-0.1, -0.05) is 29.8 Å². The molecule has 0 bridgehead atoms. The summed E-state index contributed by atoms with van der Waals surface area (Å²) in [5.41, 5.74) is 6.92. The molecule has 3 nitrogen and oxygen atoms in total. The first-order chi connectivity index (χ1) is 8.68. The third kappa shape index (κ3) is 3.24. The number of amides is 1. The summed E-state index contributed by atoms with van der Waals surface area (Å²) in [5, 5.41) is 0.636. The highest BCUT2D eigenvalue weighted by Gasteiger charge is 2.20. The van der Waals surface area contributed by atoms with Crippen LogP contribution >= 0.6 is 11.6 Å². The first kappa shape index (κ1) is 13.4. The first-order valence-corrected chi connectivity index (χ1v) is 6.84. The molecule has 0 aliphatic carbocycles. The Morgan fingerprint density at radius 3 is 2.61 bits per heavy atom. The summed E-state index contributed by atoms with van der Waals surface area (Å²) in [6.07, 6.45) is 3.77. The van der Waals surface area contributed by atoms with Crippen molar-refractivity contribution in [1.82, 2.24) is 4.90 Å². The van der Waals surface area contributed by atoms with E-state index in [0.717, 1.165) is 31.5 Å². The summed E-state index contributed by atoms with van der Waals surface area (Å²) >= 11 is 6.08. The Balaban J connectivity index is 1.96. The normalized spacial score (nSPS) is 17.6. The van der Waals surface area contributed by atoms with Crippen molar-refractivity contribution in [2.75, 3.05) is 13.1 Å². The number of hydrogen-bond donors (Lipinski definition) is 1. The van der Waals surface area contributed by atoms with Crippen molar-refractivity contribution in [2.24, 2.45) is 5.73 Å². The lowest BCUT2D eigenvalue weighted by atomic mass is 10.0. The van der Waals surface area contributed by atoms with Crippen LogP contribution in [0.2, 0.25) is 5.02 Å². The van der Waals surface area contributed by atoms with Crippen LogP contribution in [0.25, 0.3) is 0 Å². The molecule has 0 aromatic heterocycles. The van der Waals surface area contributed by atoms with Gasteiger partial charge in [0.1, 0.15) is 0 Å². The summed E-state index contributed by atoms with van der Waals surface area (Å²) in [6, 6.07) is 7.14. The highest BCUT2D eigenvalue weighted by atomic mass is 35.5. The van der Waals surface area contributed by atoms with Gasteiger partial charge in [0.25, 0.3) is 0 Å². The molecule has 1 atom stereocenters. The van der Waals surface area contributed by atoms with Crippen LogP contribution in [-0.2, 0) is 4.79 Å². The minimum atomic E-state index is -0.312. The Hall–Kier alpha value is -1.06. The third-order valence-corrected chi connectivity index (χ3v) is 3.75.